The van der Waals surface area contributed by atoms with Crippen LogP contribution in [0.4, 0.5) is 19.0 Å². The number of anilines is 1. The first-order chi connectivity index (χ1) is 14.7. The molecule has 1 saturated heterocycles. The van der Waals surface area contributed by atoms with E-state index in [1.165, 1.54) is 6.07 Å². The van der Waals surface area contributed by atoms with Gasteiger partial charge in [0.25, 0.3) is 5.91 Å². The fraction of sp³-hybridized carbons (Fsp3) is 0.381. The number of ether oxygens (including phenoxy) is 1. The van der Waals surface area contributed by atoms with Crippen LogP contribution in [-0.4, -0.2) is 51.7 Å². The molecule has 1 amide bonds. The molecule has 2 aromatic heterocycles. The molecule has 1 fully saturated rings. The summed E-state index contributed by atoms with van der Waals surface area (Å²) in [6.07, 6.45) is -2.71. The largest absolute Gasteiger partial charge is 0.416 e. The number of amides is 1. The van der Waals surface area contributed by atoms with Crippen LogP contribution in [-0.2, 0) is 10.9 Å². The molecular formula is C21H22F3N5O2. The summed E-state index contributed by atoms with van der Waals surface area (Å²) in [6.45, 7) is 5.52. The molecule has 7 nitrogen and oxygen atoms in total. The van der Waals surface area contributed by atoms with E-state index in [0.717, 1.165) is 12.1 Å². The number of halogens is 3. The van der Waals surface area contributed by atoms with Gasteiger partial charge in [0.1, 0.15) is 5.52 Å². The number of carbonyl (C=O) groups excluding carboxylic acids is 1. The first kappa shape index (κ1) is 21.1. The average Bonchev–Trinajstić information content (AvgIpc) is 3.17. The molecular weight excluding hydrogens is 411 g/mol. The van der Waals surface area contributed by atoms with E-state index in [0.29, 0.717) is 48.9 Å². The molecule has 1 N–H and O–H groups in total. The zero-order chi connectivity index (χ0) is 22.2. The van der Waals surface area contributed by atoms with Gasteiger partial charge in [-0.2, -0.15) is 18.3 Å². The maximum absolute atomic E-state index is 13.1. The first-order valence-corrected chi connectivity index (χ1v) is 9.90. The molecule has 4 rings (SSSR count). The summed E-state index contributed by atoms with van der Waals surface area (Å²) >= 11 is 0. The summed E-state index contributed by atoms with van der Waals surface area (Å²) in [7, 11) is 0. The minimum Gasteiger partial charge on any atom is -0.378 e. The van der Waals surface area contributed by atoms with Crippen molar-refractivity contribution in [1.29, 1.82) is 0 Å². The van der Waals surface area contributed by atoms with E-state index in [-0.39, 0.29) is 11.6 Å². The number of fused-ring (bicyclic) bond motifs is 1. The van der Waals surface area contributed by atoms with Gasteiger partial charge in [-0.3, -0.25) is 4.79 Å². The number of aryl methyl sites for hydroxylation is 1. The van der Waals surface area contributed by atoms with Crippen LogP contribution in [0.2, 0.25) is 0 Å². The molecule has 3 aromatic rings. The lowest BCUT2D eigenvalue weighted by Gasteiger charge is -2.25. The van der Waals surface area contributed by atoms with E-state index >= 15 is 0 Å². The van der Waals surface area contributed by atoms with Crippen LogP contribution in [0.3, 0.4) is 0 Å². The minimum absolute atomic E-state index is 0.193. The number of carbonyl (C=O) groups is 1. The molecule has 1 aromatic carbocycles. The topological polar surface area (TPSA) is 71.8 Å². The minimum atomic E-state index is -4.41. The highest BCUT2D eigenvalue weighted by Crippen LogP contribution is 2.31. The second-order valence-corrected chi connectivity index (χ2v) is 7.48. The Hall–Kier alpha value is -3.14. The molecule has 0 radical (unpaired) electrons. The van der Waals surface area contributed by atoms with Crippen LogP contribution in [0.5, 0.6) is 0 Å². The molecule has 0 aliphatic carbocycles. The van der Waals surface area contributed by atoms with Crippen molar-refractivity contribution in [3.8, 4) is 0 Å². The van der Waals surface area contributed by atoms with E-state index in [1.54, 1.807) is 41.6 Å². The number of rotatable bonds is 4. The molecule has 31 heavy (non-hydrogen) atoms. The molecule has 0 unspecified atom stereocenters. The van der Waals surface area contributed by atoms with Crippen molar-refractivity contribution in [3.05, 3.63) is 59.0 Å². The third-order valence-corrected chi connectivity index (χ3v) is 5.16. The number of hydrogen-bond acceptors (Lipinski definition) is 5. The Bertz CT molecular complexity index is 1110. The highest BCUT2D eigenvalue weighted by molar-refractivity contribution is 5.94. The summed E-state index contributed by atoms with van der Waals surface area (Å²) in [5.74, 6) is 0.250. The van der Waals surface area contributed by atoms with Crippen molar-refractivity contribution in [2.24, 2.45) is 0 Å². The van der Waals surface area contributed by atoms with Crippen LogP contribution in [0.25, 0.3) is 5.52 Å². The second kappa shape index (κ2) is 8.18. The van der Waals surface area contributed by atoms with Crippen LogP contribution >= 0.6 is 0 Å². The normalized spacial score (nSPS) is 15.8. The number of morpholine rings is 1. The molecule has 1 aliphatic heterocycles. The number of aromatic nitrogens is 3. The van der Waals surface area contributed by atoms with Gasteiger partial charge in [0.2, 0.25) is 0 Å². The average molecular weight is 433 g/mol. The highest BCUT2D eigenvalue weighted by atomic mass is 19.4. The van der Waals surface area contributed by atoms with Gasteiger partial charge < -0.3 is 15.0 Å². The number of benzene rings is 1. The molecule has 164 valence electrons. The van der Waals surface area contributed by atoms with Crippen molar-refractivity contribution in [1.82, 2.24) is 19.5 Å². The fourth-order valence-electron chi connectivity index (χ4n) is 3.52. The van der Waals surface area contributed by atoms with E-state index in [1.807, 2.05) is 0 Å². The second-order valence-electron chi connectivity index (χ2n) is 7.48. The summed E-state index contributed by atoms with van der Waals surface area (Å²) in [4.78, 5) is 19.0. The first-order valence-electron chi connectivity index (χ1n) is 9.90. The molecule has 3 heterocycles. The Labute approximate surface area is 176 Å². The van der Waals surface area contributed by atoms with Gasteiger partial charge in [-0.1, -0.05) is 12.1 Å². The van der Waals surface area contributed by atoms with Gasteiger partial charge in [0, 0.05) is 19.2 Å². The Morgan fingerprint density at radius 3 is 2.68 bits per heavy atom. The predicted molar refractivity (Wildman–Crippen MR) is 108 cm³/mol. The Balaban J connectivity index is 1.63. The lowest BCUT2D eigenvalue weighted by Crippen LogP contribution is -2.40. The van der Waals surface area contributed by atoms with Crippen LogP contribution in [0.1, 0.15) is 40.3 Å². The van der Waals surface area contributed by atoms with Gasteiger partial charge >= 0.3 is 6.18 Å². The lowest BCUT2D eigenvalue weighted by atomic mass is 10.0. The van der Waals surface area contributed by atoms with Crippen molar-refractivity contribution in [2.75, 3.05) is 31.6 Å². The number of alkyl halides is 3. The van der Waals surface area contributed by atoms with E-state index in [9.17, 15) is 18.0 Å². The van der Waals surface area contributed by atoms with Crippen molar-refractivity contribution in [2.45, 2.75) is 26.1 Å². The van der Waals surface area contributed by atoms with Gasteiger partial charge in [-0.05, 0) is 31.5 Å². The molecule has 0 saturated carbocycles. The Kier molecular flexibility index (Phi) is 5.57. The monoisotopic (exact) mass is 433 g/mol. The summed E-state index contributed by atoms with van der Waals surface area (Å²) in [5, 5.41) is 7.56. The van der Waals surface area contributed by atoms with Gasteiger partial charge in [0.05, 0.1) is 36.7 Å². The zero-order valence-corrected chi connectivity index (χ0v) is 17.1. The van der Waals surface area contributed by atoms with Crippen LogP contribution in [0.15, 0.2) is 36.5 Å². The standard InChI is InChI=1S/C21H22F3N5O2/c1-13-12-29-18(11-17(27-29)20(30)28-6-8-31-9-7-28)19(25-13)26-14(2)15-4-3-5-16(10-15)21(22,23)24/h3-5,10-12,14H,6-9H2,1-2H3,(H,25,26)/t14-/m1/s1. The maximum Gasteiger partial charge on any atom is 0.416 e. The Morgan fingerprint density at radius 1 is 1.23 bits per heavy atom. The van der Waals surface area contributed by atoms with E-state index in [2.05, 4.69) is 15.4 Å². The lowest BCUT2D eigenvalue weighted by molar-refractivity contribution is -0.137. The zero-order valence-electron chi connectivity index (χ0n) is 17.1. The third kappa shape index (κ3) is 4.48. The van der Waals surface area contributed by atoms with Gasteiger partial charge in [-0.15, -0.1) is 0 Å². The smallest absolute Gasteiger partial charge is 0.378 e. The molecule has 10 heteroatoms. The van der Waals surface area contributed by atoms with Gasteiger partial charge in [0.15, 0.2) is 11.5 Å². The highest BCUT2D eigenvalue weighted by Gasteiger charge is 2.31. The summed E-state index contributed by atoms with van der Waals surface area (Å²) < 4.78 is 46.0. The summed E-state index contributed by atoms with van der Waals surface area (Å²) in [6, 6.07) is 6.37. The number of nitrogens with one attached hydrogen (secondary N) is 1. The van der Waals surface area contributed by atoms with E-state index < -0.39 is 17.8 Å². The van der Waals surface area contributed by atoms with Crippen LogP contribution < -0.4 is 5.32 Å². The van der Waals surface area contributed by atoms with Crippen molar-refractivity contribution >= 4 is 17.2 Å². The third-order valence-electron chi connectivity index (χ3n) is 5.16. The van der Waals surface area contributed by atoms with Crippen molar-refractivity contribution < 1.29 is 22.7 Å². The SMILES string of the molecule is Cc1cn2nc(C(=O)N3CCOCC3)cc2c(N[C@H](C)c2cccc(C(F)(F)F)c2)n1. The summed E-state index contributed by atoms with van der Waals surface area (Å²) in [5.41, 5.74) is 1.27. The quantitative estimate of drug-likeness (QED) is 0.679. The van der Waals surface area contributed by atoms with Gasteiger partial charge in [-0.25, -0.2) is 9.50 Å². The Morgan fingerprint density at radius 2 is 1.97 bits per heavy atom. The number of hydrogen-bond donors (Lipinski definition) is 1. The maximum atomic E-state index is 13.1. The molecule has 1 atom stereocenters. The molecule has 0 bridgehead atoms. The predicted octanol–water partition coefficient (Wildman–Crippen LogP) is 3.70. The van der Waals surface area contributed by atoms with Crippen LogP contribution in [0, 0.1) is 6.92 Å². The van der Waals surface area contributed by atoms with E-state index in [4.69, 9.17) is 4.74 Å². The number of nitrogens with zero attached hydrogens (tertiary/aromatic N) is 4. The molecule has 0 spiro atoms. The van der Waals surface area contributed by atoms with Crippen molar-refractivity contribution in [3.63, 3.8) is 0 Å². The molecule has 1 aliphatic rings. The fourth-order valence-corrected chi connectivity index (χ4v) is 3.52.